The van der Waals surface area contributed by atoms with Crippen LogP contribution in [0.5, 0.6) is 0 Å². The Bertz CT molecular complexity index is 747. The zero-order valence-corrected chi connectivity index (χ0v) is 15.4. The number of anilines is 1. The number of amides is 3. The Morgan fingerprint density at radius 3 is 2.69 bits per heavy atom. The molecule has 2 atom stereocenters. The summed E-state index contributed by atoms with van der Waals surface area (Å²) in [6.45, 7) is 5.70. The quantitative estimate of drug-likeness (QED) is 0.805. The molecule has 1 saturated carbocycles. The maximum Gasteiger partial charge on any atom is 0.317 e. The van der Waals surface area contributed by atoms with Crippen molar-refractivity contribution in [3.05, 3.63) is 11.4 Å². The van der Waals surface area contributed by atoms with Crippen LogP contribution in [0.4, 0.5) is 10.7 Å². The Morgan fingerprint density at radius 2 is 2.04 bits per heavy atom. The number of carbonyl (C=O) groups excluding carboxylic acids is 2. The molecule has 1 aromatic rings. The topological polar surface area (TPSA) is 103 Å². The van der Waals surface area contributed by atoms with Gasteiger partial charge in [0.1, 0.15) is 6.04 Å². The lowest BCUT2D eigenvalue weighted by Crippen LogP contribution is -2.65. The molecule has 0 bridgehead atoms. The summed E-state index contributed by atoms with van der Waals surface area (Å²) in [6, 6.07) is -0.361. The molecule has 3 fully saturated rings. The lowest BCUT2D eigenvalue weighted by atomic mass is 9.74. The zero-order chi connectivity index (χ0) is 18.5. The molecule has 4 rings (SSSR count). The van der Waals surface area contributed by atoms with Crippen molar-refractivity contribution < 1.29 is 9.59 Å². The predicted molar refractivity (Wildman–Crippen MR) is 94.5 cm³/mol. The molecular weight excluding hydrogens is 334 g/mol. The number of likely N-dealkylation sites (N-methyl/N-ethyl adjacent to an activating group) is 1. The highest BCUT2D eigenvalue weighted by Gasteiger charge is 2.54. The van der Waals surface area contributed by atoms with Crippen molar-refractivity contribution >= 4 is 17.9 Å². The standard InChI is InChI=1S/C17H25N7O2/c1-10-11(2)21-22-15(18-10)20-13-5-4-6-17(13)8-24(9-17)14(25)12-7-23(3)16(26)19-12/h12-13H,4-9H2,1-3H3,(H,19,26)(H,18,20,22). The zero-order valence-electron chi connectivity index (χ0n) is 15.4. The van der Waals surface area contributed by atoms with Gasteiger partial charge in [-0.25, -0.2) is 9.78 Å². The van der Waals surface area contributed by atoms with Gasteiger partial charge in [-0.1, -0.05) is 6.42 Å². The predicted octanol–water partition coefficient (Wildman–Crippen LogP) is 0.305. The summed E-state index contributed by atoms with van der Waals surface area (Å²) in [6.07, 6.45) is 3.26. The number of aryl methyl sites for hydroxylation is 2. The van der Waals surface area contributed by atoms with E-state index in [0.29, 0.717) is 12.5 Å². The third-order valence-electron chi connectivity index (χ3n) is 6.02. The van der Waals surface area contributed by atoms with E-state index in [9.17, 15) is 9.59 Å². The highest BCUT2D eigenvalue weighted by molar-refractivity contribution is 5.90. The number of carbonyl (C=O) groups is 2. The fraction of sp³-hybridized carbons (Fsp3) is 0.706. The molecule has 26 heavy (non-hydrogen) atoms. The molecule has 9 nitrogen and oxygen atoms in total. The van der Waals surface area contributed by atoms with Crippen molar-refractivity contribution in [2.24, 2.45) is 5.41 Å². The van der Waals surface area contributed by atoms with Gasteiger partial charge in [-0.2, -0.15) is 5.10 Å². The molecule has 3 heterocycles. The van der Waals surface area contributed by atoms with Gasteiger partial charge in [-0.3, -0.25) is 4.79 Å². The first-order chi connectivity index (χ1) is 12.4. The van der Waals surface area contributed by atoms with Crippen molar-refractivity contribution in [3.8, 4) is 0 Å². The van der Waals surface area contributed by atoms with Gasteiger partial charge in [0, 0.05) is 31.6 Å². The first-order valence-corrected chi connectivity index (χ1v) is 9.13. The summed E-state index contributed by atoms with van der Waals surface area (Å²) in [4.78, 5) is 32.1. The number of hydrogen-bond donors (Lipinski definition) is 2. The van der Waals surface area contributed by atoms with Crippen LogP contribution in [0.15, 0.2) is 0 Å². The molecule has 0 radical (unpaired) electrons. The van der Waals surface area contributed by atoms with Gasteiger partial charge < -0.3 is 20.4 Å². The van der Waals surface area contributed by atoms with E-state index in [1.54, 1.807) is 11.9 Å². The number of rotatable bonds is 3. The molecule has 2 N–H and O–H groups in total. The second kappa shape index (κ2) is 6.07. The maximum atomic E-state index is 12.6. The number of nitrogens with one attached hydrogen (secondary N) is 2. The van der Waals surface area contributed by atoms with Crippen molar-refractivity contribution in [1.82, 2.24) is 30.3 Å². The normalized spacial score (nSPS) is 26.8. The van der Waals surface area contributed by atoms with Crippen LogP contribution in [-0.2, 0) is 4.79 Å². The average Bonchev–Trinajstić information content (AvgIpc) is 3.13. The minimum atomic E-state index is -0.426. The van der Waals surface area contributed by atoms with Crippen LogP contribution >= 0.6 is 0 Å². The van der Waals surface area contributed by atoms with E-state index in [4.69, 9.17) is 0 Å². The largest absolute Gasteiger partial charge is 0.349 e. The first kappa shape index (κ1) is 17.0. The van der Waals surface area contributed by atoms with Gasteiger partial charge in [0.05, 0.1) is 17.9 Å². The van der Waals surface area contributed by atoms with Crippen LogP contribution in [0, 0.1) is 19.3 Å². The lowest BCUT2D eigenvalue weighted by molar-refractivity contribution is -0.145. The van der Waals surface area contributed by atoms with Gasteiger partial charge in [-0.15, -0.1) is 5.10 Å². The lowest BCUT2D eigenvalue weighted by Gasteiger charge is -2.52. The van der Waals surface area contributed by atoms with E-state index >= 15 is 0 Å². The van der Waals surface area contributed by atoms with E-state index < -0.39 is 6.04 Å². The summed E-state index contributed by atoms with van der Waals surface area (Å²) < 4.78 is 0. The number of nitrogens with zero attached hydrogens (tertiary/aromatic N) is 5. The molecular formula is C17H25N7O2. The first-order valence-electron chi connectivity index (χ1n) is 9.13. The number of urea groups is 1. The van der Waals surface area contributed by atoms with E-state index in [1.165, 1.54) is 0 Å². The summed E-state index contributed by atoms with van der Waals surface area (Å²) in [5.74, 6) is 0.580. The highest BCUT2D eigenvalue weighted by atomic mass is 16.2. The monoisotopic (exact) mass is 359 g/mol. The molecule has 3 amide bonds. The smallest absolute Gasteiger partial charge is 0.317 e. The highest BCUT2D eigenvalue weighted by Crippen LogP contribution is 2.46. The molecule has 0 aromatic carbocycles. The van der Waals surface area contributed by atoms with Crippen molar-refractivity contribution in [2.45, 2.75) is 45.2 Å². The molecule has 1 aromatic heterocycles. The van der Waals surface area contributed by atoms with Gasteiger partial charge >= 0.3 is 6.03 Å². The summed E-state index contributed by atoms with van der Waals surface area (Å²) in [7, 11) is 1.70. The molecule has 9 heteroatoms. The summed E-state index contributed by atoms with van der Waals surface area (Å²) in [5.41, 5.74) is 1.79. The van der Waals surface area contributed by atoms with E-state index in [1.807, 2.05) is 18.7 Å². The van der Waals surface area contributed by atoms with Gasteiger partial charge in [0.2, 0.25) is 11.9 Å². The third kappa shape index (κ3) is 2.75. The molecule has 1 spiro atoms. The van der Waals surface area contributed by atoms with Gasteiger partial charge in [0.15, 0.2) is 0 Å². The Balaban J connectivity index is 1.39. The average molecular weight is 359 g/mol. The minimum absolute atomic E-state index is 0.0167. The third-order valence-corrected chi connectivity index (χ3v) is 6.02. The van der Waals surface area contributed by atoms with Crippen molar-refractivity contribution in [3.63, 3.8) is 0 Å². The summed E-state index contributed by atoms with van der Waals surface area (Å²) >= 11 is 0. The Hall–Kier alpha value is -2.45. The molecule has 140 valence electrons. The Kier molecular flexibility index (Phi) is 3.96. The van der Waals surface area contributed by atoms with Gasteiger partial charge in [0.25, 0.3) is 0 Å². The second-order valence-corrected chi connectivity index (χ2v) is 7.83. The minimum Gasteiger partial charge on any atom is -0.349 e. The summed E-state index contributed by atoms with van der Waals surface area (Å²) in [5, 5.41) is 14.5. The maximum absolute atomic E-state index is 12.6. The van der Waals surface area contributed by atoms with Crippen LogP contribution in [0.2, 0.25) is 0 Å². The number of aromatic nitrogens is 3. The van der Waals surface area contributed by atoms with Crippen molar-refractivity contribution in [1.29, 1.82) is 0 Å². The molecule has 2 aliphatic heterocycles. The Labute approximate surface area is 152 Å². The molecule has 1 aliphatic carbocycles. The fourth-order valence-electron chi connectivity index (χ4n) is 4.31. The number of hydrogen-bond acceptors (Lipinski definition) is 6. The van der Waals surface area contributed by atoms with E-state index in [2.05, 4.69) is 25.8 Å². The van der Waals surface area contributed by atoms with Crippen LogP contribution in [0.3, 0.4) is 0 Å². The SMILES string of the molecule is Cc1nnc(NC2CCCC23CN(C(=O)C2CN(C)C(=O)N2)C3)nc1C. The number of likely N-dealkylation sites (tertiary alicyclic amines) is 1. The van der Waals surface area contributed by atoms with E-state index in [0.717, 1.165) is 43.7 Å². The molecule has 2 saturated heterocycles. The van der Waals surface area contributed by atoms with Crippen LogP contribution < -0.4 is 10.6 Å². The van der Waals surface area contributed by atoms with Crippen LogP contribution in [-0.4, -0.2) is 75.7 Å². The fourth-order valence-corrected chi connectivity index (χ4v) is 4.31. The van der Waals surface area contributed by atoms with Crippen LogP contribution in [0.25, 0.3) is 0 Å². The van der Waals surface area contributed by atoms with Crippen LogP contribution in [0.1, 0.15) is 30.7 Å². The second-order valence-electron chi connectivity index (χ2n) is 7.83. The molecule has 3 aliphatic rings. The van der Waals surface area contributed by atoms with Crippen molar-refractivity contribution in [2.75, 3.05) is 32.0 Å². The molecule has 2 unspecified atom stereocenters. The van der Waals surface area contributed by atoms with E-state index in [-0.39, 0.29) is 23.4 Å². The Morgan fingerprint density at radius 1 is 1.27 bits per heavy atom. The van der Waals surface area contributed by atoms with Gasteiger partial charge in [-0.05, 0) is 26.7 Å².